The lowest BCUT2D eigenvalue weighted by Crippen LogP contribution is -2.27. The normalized spacial score (nSPS) is 14.8. The van der Waals surface area contributed by atoms with Gasteiger partial charge in [-0.2, -0.15) is 0 Å². The van der Waals surface area contributed by atoms with Crippen molar-refractivity contribution >= 4 is 28.5 Å². The molecule has 0 saturated carbocycles. The Balaban J connectivity index is 1.57. The van der Waals surface area contributed by atoms with Gasteiger partial charge in [-0.1, -0.05) is 36.0 Å². The van der Waals surface area contributed by atoms with Crippen molar-refractivity contribution in [1.29, 1.82) is 0 Å². The van der Waals surface area contributed by atoms with Crippen molar-refractivity contribution < 1.29 is 4.79 Å². The van der Waals surface area contributed by atoms with Crippen LogP contribution in [-0.4, -0.2) is 29.1 Å². The molecule has 0 unspecified atom stereocenters. The molecule has 25 heavy (non-hydrogen) atoms. The van der Waals surface area contributed by atoms with Crippen LogP contribution in [0.5, 0.6) is 0 Å². The SMILES string of the molecule is Cc1cccc(N=C(N)SCc2ccc(C(=O)N3CCCC3)cc2)c1. The number of nitrogens with two attached hydrogens (primary N) is 1. The van der Waals surface area contributed by atoms with E-state index in [1.54, 1.807) is 0 Å². The van der Waals surface area contributed by atoms with Crippen LogP contribution in [0.3, 0.4) is 0 Å². The second-order valence-corrected chi connectivity index (χ2v) is 7.27. The molecule has 0 spiro atoms. The van der Waals surface area contributed by atoms with E-state index in [0.29, 0.717) is 5.17 Å². The Bertz CT molecular complexity index is 765. The number of thioether (sulfide) groups is 1. The van der Waals surface area contributed by atoms with Gasteiger partial charge >= 0.3 is 0 Å². The molecule has 4 nitrogen and oxygen atoms in total. The third-order valence-corrected chi connectivity index (χ3v) is 5.09. The summed E-state index contributed by atoms with van der Waals surface area (Å²) in [6.07, 6.45) is 2.22. The number of nitrogens with zero attached hydrogens (tertiary/aromatic N) is 2. The zero-order valence-electron chi connectivity index (χ0n) is 14.4. The smallest absolute Gasteiger partial charge is 0.253 e. The van der Waals surface area contributed by atoms with E-state index in [1.807, 2.05) is 60.4 Å². The summed E-state index contributed by atoms with van der Waals surface area (Å²) in [5.74, 6) is 0.872. The van der Waals surface area contributed by atoms with Gasteiger partial charge < -0.3 is 10.6 Å². The molecule has 0 atom stereocenters. The Morgan fingerprint density at radius 2 is 1.88 bits per heavy atom. The van der Waals surface area contributed by atoms with E-state index < -0.39 is 0 Å². The van der Waals surface area contributed by atoms with Gasteiger partial charge in [0, 0.05) is 24.4 Å². The molecule has 3 rings (SSSR count). The van der Waals surface area contributed by atoms with Gasteiger partial charge in [-0.3, -0.25) is 4.79 Å². The van der Waals surface area contributed by atoms with E-state index in [-0.39, 0.29) is 5.91 Å². The topological polar surface area (TPSA) is 58.7 Å². The van der Waals surface area contributed by atoms with Gasteiger partial charge in [0.05, 0.1) is 5.69 Å². The van der Waals surface area contributed by atoms with Gasteiger partial charge in [0.2, 0.25) is 0 Å². The molecule has 1 heterocycles. The molecule has 0 aliphatic carbocycles. The lowest BCUT2D eigenvalue weighted by molar-refractivity contribution is 0.0793. The fraction of sp³-hybridized carbons (Fsp3) is 0.300. The average Bonchev–Trinajstić information content (AvgIpc) is 3.14. The molecule has 130 valence electrons. The minimum Gasteiger partial charge on any atom is -0.378 e. The maximum absolute atomic E-state index is 12.3. The fourth-order valence-electron chi connectivity index (χ4n) is 2.86. The van der Waals surface area contributed by atoms with Crippen molar-refractivity contribution in [3.05, 3.63) is 65.2 Å². The summed E-state index contributed by atoms with van der Waals surface area (Å²) in [4.78, 5) is 18.7. The van der Waals surface area contributed by atoms with Crippen LogP contribution >= 0.6 is 11.8 Å². The molecule has 0 radical (unpaired) electrons. The molecule has 1 saturated heterocycles. The van der Waals surface area contributed by atoms with Crippen molar-refractivity contribution in [1.82, 2.24) is 4.90 Å². The summed E-state index contributed by atoms with van der Waals surface area (Å²) in [5, 5.41) is 0.544. The van der Waals surface area contributed by atoms with Gasteiger partial charge in [0.1, 0.15) is 0 Å². The molecule has 2 aromatic rings. The molecule has 1 fully saturated rings. The summed E-state index contributed by atoms with van der Waals surface area (Å²) in [5.41, 5.74) is 9.94. The van der Waals surface area contributed by atoms with Crippen LogP contribution in [0.25, 0.3) is 0 Å². The molecule has 0 aromatic heterocycles. The molecular formula is C20H23N3OS. The van der Waals surface area contributed by atoms with E-state index in [9.17, 15) is 4.79 Å². The first-order chi connectivity index (χ1) is 12.1. The van der Waals surface area contributed by atoms with Crippen molar-refractivity contribution in [2.24, 2.45) is 10.7 Å². The van der Waals surface area contributed by atoms with Gasteiger partial charge in [0.15, 0.2) is 5.17 Å². The summed E-state index contributed by atoms with van der Waals surface area (Å²) >= 11 is 1.50. The maximum atomic E-state index is 12.3. The molecule has 5 heteroatoms. The number of carbonyl (C=O) groups excluding carboxylic acids is 1. The predicted molar refractivity (Wildman–Crippen MR) is 105 cm³/mol. The van der Waals surface area contributed by atoms with Crippen LogP contribution in [0, 0.1) is 6.92 Å². The number of hydrogen-bond acceptors (Lipinski definition) is 3. The average molecular weight is 353 g/mol. The van der Waals surface area contributed by atoms with Crippen LogP contribution in [0.15, 0.2) is 53.5 Å². The van der Waals surface area contributed by atoms with Crippen molar-refractivity contribution in [2.75, 3.05) is 13.1 Å². The minimum absolute atomic E-state index is 0.136. The second kappa shape index (κ2) is 8.21. The van der Waals surface area contributed by atoms with E-state index in [1.165, 1.54) is 11.8 Å². The quantitative estimate of drug-likeness (QED) is 0.665. The molecular weight excluding hydrogens is 330 g/mol. The largest absolute Gasteiger partial charge is 0.378 e. The first kappa shape index (κ1) is 17.5. The van der Waals surface area contributed by atoms with Crippen LogP contribution in [0.1, 0.15) is 34.3 Å². The first-order valence-corrected chi connectivity index (χ1v) is 9.52. The fourth-order valence-corrected chi connectivity index (χ4v) is 3.54. The van der Waals surface area contributed by atoms with Gasteiger partial charge in [-0.15, -0.1) is 0 Å². The number of likely N-dealkylation sites (tertiary alicyclic amines) is 1. The Morgan fingerprint density at radius 1 is 1.16 bits per heavy atom. The first-order valence-electron chi connectivity index (χ1n) is 8.54. The number of amides is 1. The van der Waals surface area contributed by atoms with Crippen molar-refractivity contribution in [2.45, 2.75) is 25.5 Å². The van der Waals surface area contributed by atoms with E-state index in [0.717, 1.165) is 54.1 Å². The Hall–Kier alpha value is -2.27. The molecule has 2 N–H and O–H groups in total. The summed E-state index contributed by atoms with van der Waals surface area (Å²) < 4.78 is 0. The van der Waals surface area contributed by atoms with E-state index in [2.05, 4.69) is 4.99 Å². The molecule has 1 aliphatic rings. The number of carbonyl (C=O) groups is 1. The number of rotatable bonds is 4. The zero-order valence-corrected chi connectivity index (χ0v) is 15.3. The lowest BCUT2D eigenvalue weighted by atomic mass is 10.1. The highest BCUT2D eigenvalue weighted by Crippen LogP contribution is 2.19. The molecule has 1 amide bonds. The Morgan fingerprint density at radius 3 is 2.56 bits per heavy atom. The van der Waals surface area contributed by atoms with Gasteiger partial charge in [0.25, 0.3) is 5.91 Å². The summed E-state index contributed by atoms with van der Waals surface area (Å²) in [6.45, 7) is 3.79. The molecule has 0 bridgehead atoms. The number of hydrogen-bond donors (Lipinski definition) is 1. The van der Waals surface area contributed by atoms with Crippen molar-refractivity contribution in [3.8, 4) is 0 Å². The highest BCUT2D eigenvalue weighted by Gasteiger charge is 2.19. The number of aliphatic imine (C=N–C) groups is 1. The highest BCUT2D eigenvalue weighted by molar-refractivity contribution is 8.13. The third kappa shape index (κ3) is 4.86. The minimum atomic E-state index is 0.136. The van der Waals surface area contributed by atoms with E-state index >= 15 is 0 Å². The Labute approximate surface area is 153 Å². The van der Waals surface area contributed by atoms with Crippen LogP contribution in [0.2, 0.25) is 0 Å². The molecule has 2 aromatic carbocycles. The number of aryl methyl sites for hydroxylation is 1. The zero-order chi connectivity index (χ0) is 17.6. The standard InChI is InChI=1S/C20H23N3OS/c1-15-5-4-6-18(13-15)22-20(21)25-14-16-7-9-17(10-8-16)19(24)23-11-2-3-12-23/h4-10,13H,2-3,11-12,14H2,1H3,(H2,21,22). The van der Waals surface area contributed by atoms with Gasteiger partial charge in [-0.25, -0.2) is 4.99 Å². The highest BCUT2D eigenvalue weighted by atomic mass is 32.2. The summed E-state index contributed by atoms with van der Waals surface area (Å²) in [6, 6.07) is 15.8. The predicted octanol–water partition coefficient (Wildman–Crippen LogP) is 4.11. The monoisotopic (exact) mass is 353 g/mol. The Kier molecular flexibility index (Phi) is 5.76. The van der Waals surface area contributed by atoms with Crippen LogP contribution < -0.4 is 5.73 Å². The maximum Gasteiger partial charge on any atom is 0.253 e. The van der Waals surface area contributed by atoms with E-state index in [4.69, 9.17) is 5.73 Å². The molecule has 1 aliphatic heterocycles. The van der Waals surface area contributed by atoms with Gasteiger partial charge in [-0.05, 0) is 55.2 Å². The van der Waals surface area contributed by atoms with Crippen LogP contribution in [-0.2, 0) is 5.75 Å². The van der Waals surface area contributed by atoms with Crippen LogP contribution in [0.4, 0.5) is 5.69 Å². The van der Waals surface area contributed by atoms with Crippen molar-refractivity contribution in [3.63, 3.8) is 0 Å². The second-order valence-electron chi connectivity index (χ2n) is 6.27. The third-order valence-electron chi connectivity index (χ3n) is 4.22. The number of amidine groups is 1. The number of benzene rings is 2. The lowest BCUT2D eigenvalue weighted by Gasteiger charge is -2.15. The summed E-state index contributed by atoms with van der Waals surface area (Å²) in [7, 11) is 0.